The summed E-state index contributed by atoms with van der Waals surface area (Å²) >= 11 is 0. The number of aromatic nitrogens is 3. The van der Waals surface area contributed by atoms with Crippen LogP contribution in [0.1, 0.15) is 29.6 Å². The third-order valence-corrected chi connectivity index (χ3v) is 8.25. The summed E-state index contributed by atoms with van der Waals surface area (Å²) in [7, 11) is 4.01. The Hall–Kier alpha value is -4.33. The maximum Gasteiger partial charge on any atom is 0.323 e. The summed E-state index contributed by atoms with van der Waals surface area (Å²) in [6, 6.07) is 14.4. The van der Waals surface area contributed by atoms with E-state index in [1.165, 1.54) is 0 Å². The minimum Gasteiger partial charge on any atom is -0.378 e. The van der Waals surface area contributed by atoms with E-state index >= 15 is 0 Å². The van der Waals surface area contributed by atoms with Crippen LogP contribution in [0.4, 0.5) is 28.1 Å². The first kappa shape index (κ1) is 30.7. The van der Waals surface area contributed by atoms with Crippen LogP contribution in [-0.4, -0.2) is 111 Å². The molecule has 1 aromatic heterocycles. The first-order valence-corrected chi connectivity index (χ1v) is 15.6. The lowest BCUT2D eigenvalue weighted by molar-refractivity contribution is 0.0897. The second-order valence-corrected chi connectivity index (χ2v) is 11.8. The molecule has 3 fully saturated rings. The van der Waals surface area contributed by atoms with Crippen LogP contribution in [-0.2, 0) is 9.47 Å². The predicted octanol–water partition coefficient (Wildman–Crippen LogP) is 3.07. The van der Waals surface area contributed by atoms with Crippen molar-refractivity contribution in [3.05, 3.63) is 54.1 Å². The molecule has 4 heterocycles. The molecule has 6 rings (SSSR count). The fourth-order valence-corrected chi connectivity index (χ4v) is 5.86. The van der Waals surface area contributed by atoms with Gasteiger partial charge in [-0.15, -0.1) is 0 Å². The van der Waals surface area contributed by atoms with E-state index in [-0.39, 0.29) is 24.0 Å². The van der Waals surface area contributed by atoms with Crippen molar-refractivity contribution in [3.8, 4) is 11.4 Å². The van der Waals surface area contributed by atoms with Gasteiger partial charge in [-0.1, -0.05) is 0 Å². The van der Waals surface area contributed by atoms with Crippen LogP contribution in [0.15, 0.2) is 48.5 Å². The molecular weight excluding hydrogens is 574 g/mol. The van der Waals surface area contributed by atoms with Gasteiger partial charge in [-0.25, -0.2) is 4.79 Å². The van der Waals surface area contributed by atoms with Gasteiger partial charge in [0.05, 0.1) is 38.5 Å². The molecule has 3 aromatic rings. The number of hydrogen-bond donors (Lipinski definition) is 3. The number of benzene rings is 2. The fourth-order valence-electron chi connectivity index (χ4n) is 5.86. The lowest BCUT2D eigenvalue weighted by Crippen LogP contribution is -2.47. The topological polar surface area (TPSA) is 137 Å². The van der Waals surface area contributed by atoms with Crippen LogP contribution >= 0.6 is 0 Å². The second-order valence-electron chi connectivity index (χ2n) is 11.8. The summed E-state index contributed by atoms with van der Waals surface area (Å²) < 4.78 is 11.3. The molecule has 13 heteroatoms. The summed E-state index contributed by atoms with van der Waals surface area (Å²) in [5.74, 6) is 1.79. The van der Waals surface area contributed by atoms with E-state index in [9.17, 15) is 9.59 Å². The number of fused-ring (bicyclic) bond motifs is 2. The van der Waals surface area contributed by atoms with Crippen molar-refractivity contribution in [1.82, 2.24) is 25.2 Å². The van der Waals surface area contributed by atoms with E-state index in [0.717, 1.165) is 44.5 Å². The smallest absolute Gasteiger partial charge is 0.323 e. The summed E-state index contributed by atoms with van der Waals surface area (Å²) in [6.07, 6.45) is 3.01. The number of carbonyl (C=O) groups excluding carboxylic acids is 2. The average Bonchev–Trinajstić information content (AvgIpc) is 3.31. The lowest BCUT2D eigenvalue weighted by Gasteiger charge is -2.35. The Morgan fingerprint density at radius 2 is 1.47 bits per heavy atom. The summed E-state index contributed by atoms with van der Waals surface area (Å²) in [5.41, 5.74) is 2.58. The largest absolute Gasteiger partial charge is 0.378 e. The van der Waals surface area contributed by atoms with Crippen molar-refractivity contribution in [3.63, 3.8) is 0 Å². The number of morpholine rings is 2. The van der Waals surface area contributed by atoms with Crippen molar-refractivity contribution in [2.24, 2.45) is 0 Å². The van der Waals surface area contributed by atoms with E-state index < -0.39 is 0 Å². The fraction of sp³-hybridized carbons (Fsp3) is 0.469. The summed E-state index contributed by atoms with van der Waals surface area (Å²) in [5, 5.41) is 8.60. The number of nitrogens with one attached hydrogen (secondary N) is 3. The van der Waals surface area contributed by atoms with E-state index in [0.29, 0.717) is 67.6 Å². The first-order valence-electron chi connectivity index (χ1n) is 15.6. The highest BCUT2D eigenvalue weighted by Crippen LogP contribution is 2.34. The highest BCUT2D eigenvalue weighted by Gasteiger charge is 2.39. The van der Waals surface area contributed by atoms with Crippen LogP contribution in [0.2, 0.25) is 0 Å². The molecule has 0 saturated carbocycles. The van der Waals surface area contributed by atoms with Crippen LogP contribution in [0.5, 0.6) is 0 Å². The van der Waals surface area contributed by atoms with E-state index in [2.05, 4.69) is 30.7 Å². The molecule has 0 radical (unpaired) electrons. The number of hydrogen-bond acceptors (Lipinski definition) is 10. The molecule has 0 spiro atoms. The van der Waals surface area contributed by atoms with Crippen molar-refractivity contribution in [2.75, 3.05) is 87.1 Å². The molecule has 3 aliphatic rings. The molecule has 2 unspecified atom stereocenters. The van der Waals surface area contributed by atoms with Crippen molar-refractivity contribution in [2.45, 2.75) is 31.3 Å². The van der Waals surface area contributed by atoms with Gasteiger partial charge in [0, 0.05) is 42.1 Å². The van der Waals surface area contributed by atoms with Gasteiger partial charge in [0.25, 0.3) is 5.91 Å². The number of nitrogens with zero attached hydrogens (tertiary/aromatic N) is 6. The third-order valence-electron chi connectivity index (χ3n) is 8.25. The monoisotopic (exact) mass is 615 g/mol. The Balaban J connectivity index is 1.10. The van der Waals surface area contributed by atoms with Gasteiger partial charge in [-0.2, -0.15) is 15.0 Å². The Labute approximate surface area is 263 Å². The van der Waals surface area contributed by atoms with Gasteiger partial charge in [-0.05, 0) is 88.4 Å². The SMILES string of the molecule is CN(C)CCCNC(=O)c1ccc(NC(=O)Nc2ccc(-c3nc(N4CCOCC4)nc(N4C5CCC4COC5)n3)cc2)cc1. The zero-order valence-electron chi connectivity index (χ0n) is 25.9. The van der Waals surface area contributed by atoms with Gasteiger partial charge < -0.3 is 40.1 Å². The molecule has 2 bridgehead atoms. The molecule has 3 N–H and O–H groups in total. The maximum absolute atomic E-state index is 12.7. The Morgan fingerprint density at radius 1 is 0.844 bits per heavy atom. The third kappa shape index (κ3) is 7.67. The molecule has 13 nitrogen and oxygen atoms in total. The van der Waals surface area contributed by atoms with Crippen molar-refractivity contribution >= 4 is 35.2 Å². The number of ether oxygens (including phenoxy) is 2. The zero-order chi connectivity index (χ0) is 31.2. The number of amides is 3. The van der Waals surface area contributed by atoms with Gasteiger partial charge >= 0.3 is 6.03 Å². The molecule has 0 aliphatic carbocycles. The normalized spacial score (nSPS) is 19.4. The first-order chi connectivity index (χ1) is 21.9. The molecule has 3 amide bonds. The molecule has 45 heavy (non-hydrogen) atoms. The molecular formula is C32H41N9O4. The van der Waals surface area contributed by atoms with Gasteiger partial charge in [0.15, 0.2) is 5.82 Å². The van der Waals surface area contributed by atoms with Crippen LogP contribution < -0.4 is 25.8 Å². The Bertz CT molecular complexity index is 1450. The maximum atomic E-state index is 12.7. The number of anilines is 4. The van der Waals surface area contributed by atoms with Crippen LogP contribution in [0, 0.1) is 0 Å². The molecule has 3 aliphatic heterocycles. The number of urea groups is 1. The van der Waals surface area contributed by atoms with E-state index in [1.54, 1.807) is 24.3 Å². The van der Waals surface area contributed by atoms with Crippen molar-refractivity contribution < 1.29 is 19.1 Å². The van der Waals surface area contributed by atoms with E-state index in [1.807, 2.05) is 38.4 Å². The quantitative estimate of drug-likeness (QED) is 0.292. The standard InChI is InChI=1S/C32H41N9O4/c1-39(2)15-3-14-33-29(42)23-6-10-25(11-7-23)35-32(43)34-24-8-4-22(5-9-24)28-36-30(40-16-18-44-19-17-40)38-31(37-28)41-26-12-13-27(41)21-45-20-26/h4-11,26-27H,3,12-21H2,1-2H3,(H,33,42)(H2,34,35,43). The molecule has 2 aromatic carbocycles. The second kappa shape index (κ2) is 14.2. The Morgan fingerprint density at radius 3 is 2.11 bits per heavy atom. The Kier molecular flexibility index (Phi) is 9.67. The van der Waals surface area contributed by atoms with Crippen LogP contribution in [0.25, 0.3) is 11.4 Å². The number of carbonyl (C=O) groups is 2. The highest BCUT2D eigenvalue weighted by molar-refractivity contribution is 6.00. The predicted molar refractivity (Wildman–Crippen MR) is 173 cm³/mol. The summed E-state index contributed by atoms with van der Waals surface area (Å²) in [4.78, 5) is 46.3. The molecule has 3 saturated heterocycles. The van der Waals surface area contributed by atoms with Gasteiger partial charge in [-0.3, -0.25) is 4.79 Å². The zero-order valence-corrected chi connectivity index (χ0v) is 25.9. The van der Waals surface area contributed by atoms with Crippen molar-refractivity contribution in [1.29, 1.82) is 0 Å². The average molecular weight is 616 g/mol. The molecule has 2 atom stereocenters. The highest BCUT2D eigenvalue weighted by atomic mass is 16.5. The van der Waals surface area contributed by atoms with Gasteiger partial charge in [0.2, 0.25) is 11.9 Å². The van der Waals surface area contributed by atoms with E-state index in [4.69, 9.17) is 24.4 Å². The number of rotatable bonds is 10. The minimum absolute atomic E-state index is 0.135. The van der Waals surface area contributed by atoms with Crippen LogP contribution in [0.3, 0.4) is 0 Å². The lowest BCUT2D eigenvalue weighted by atomic mass is 10.2. The minimum atomic E-state index is -0.386. The van der Waals surface area contributed by atoms with Gasteiger partial charge in [0.1, 0.15) is 0 Å². The molecule has 238 valence electrons. The summed E-state index contributed by atoms with van der Waals surface area (Å²) in [6.45, 7) is 5.61.